The number of fused-ring (bicyclic) bond motifs is 1. The molecule has 0 radical (unpaired) electrons. The van der Waals surface area contributed by atoms with E-state index in [9.17, 15) is 9.59 Å². The SMILES string of the molecule is O=C(NCC1CCCO1)C1=NOC2(CCN(C(=O)c3ccc4[nH]ccc4c3)C2)C1. The molecule has 0 saturated carbocycles. The van der Waals surface area contributed by atoms with E-state index in [1.165, 1.54) is 0 Å². The van der Waals surface area contributed by atoms with Gasteiger partial charge in [-0.15, -0.1) is 0 Å². The summed E-state index contributed by atoms with van der Waals surface area (Å²) < 4.78 is 5.53. The van der Waals surface area contributed by atoms with E-state index in [2.05, 4.69) is 15.5 Å². The molecule has 4 heterocycles. The number of oxime groups is 1. The largest absolute Gasteiger partial charge is 0.386 e. The third-order valence-corrected chi connectivity index (χ3v) is 6.02. The molecule has 5 rings (SSSR count). The van der Waals surface area contributed by atoms with Gasteiger partial charge in [0.25, 0.3) is 11.8 Å². The second-order valence-corrected chi connectivity index (χ2v) is 8.09. The van der Waals surface area contributed by atoms with Crippen LogP contribution in [0.15, 0.2) is 35.6 Å². The van der Waals surface area contributed by atoms with Crippen molar-refractivity contribution in [2.24, 2.45) is 5.16 Å². The lowest BCUT2D eigenvalue weighted by molar-refractivity contribution is -0.115. The Labute approximate surface area is 168 Å². The van der Waals surface area contributed by atoms with Crippen LogP contribution in [0.25, 0.3) is 10.9 Å². The quantitative estimate of drug-likeness (QED) is 0.824. The molecule has 2 fully saturated rings. The predicted octanol–water partition coefficient (Wildman–Crippen LogP) is 1.82. The van der Waals surface area contributed by atoms with Gasteiger partial charge in [0.05, 0.1) is 12.6 Å². The summed E-state index contributed by atoms with van der Waals surface area (Å²) in [5.41, 5.74) is 1.46. The van der Waals surface area contributed by atoms with Gasteiger partial charge in [0.2, 0.25) is 0 Å². The average molecular weight is 396 g/mol. The van der Waals surface area contributed by atoms with Crippen LogP contribution in [0.3, 0.4) is 0 Å². The van der Waals surface area contributed by atoms with Gasteiger partial charge in [-0.1, -0.05) is 5.16 Å². The highest BCUT2D eigenvalue weighted by molar-refractivity contribution is 6.39. The van der Waals surface area contributed by atoms with Gasteiger partial charge in [-0.2, -0.15) is 0 Å². The summed E-state index contributed by atoms with van der Waals surface area (Å²) in [6, 6.07) is 7.60. The number of nitrogens with one attached hydrogen (secondary N) is 2. The molecule has 0 aliphatic carbocycles. The van der Waals surface area contributed by atoms with Gasteiger partial charge in [-0.3, -0.25) is 9.59 Å². The Morgan fingerprint density at radius 3 is 3.14 bits per heavy atom. The first-order chi connectivity index (χ1) is 14.1. The number of hydrogen-bond acceptors (Lipinski definition) is 5. The minimum Gasteiger partial charge on any atom is -0.386 e. The lowest BCUT2D eigenvalue weighted by atomic mass is 9.96. The van der Waals surface area contributed by atoms with E-state index in [1.807, 2.05) is 30.5 Å². The Balaban J connectivity index is 1.19. The van der Waals surface area contributed by atoms with Crippen molar-refractivity contribution < 1.29 is 19.2 Å². The van der Waals surface area contributed by atoms with Crippen LogP contribution in [-0.4, -0.2) is 65.4 Å². The van der Waals surface area contributed by atoms with Crippen LogP contribution in [0.2, 0.25) is 0 Å². The number of likely N-dealkylation sites (tertiary alicyclic amines) is 1. The lowest BCUT2D eigenvalue weighted by Crippen LogP contribution is -2.40. The highest BCUT2D eigenvalue weighted by Gasteiger charge is 2.48. The van der Waals surface area contributed by atoms with Crippen molar-refractivity contribution in [3.05, 3.63) is 36.0 Å². The average Bonchev–Trinajstić information content (AvgIpc) is 3.53. The van der Waals surface area contributed by atoms with Crippen molar-refractivity contribution in [2.45, 2.75) is 37.4 Å². The molecule has 3 aliphatic rings. The number of aromatic nitrogens is 1. The Kier molecular flexibility index (Phi) is 4.50. The molecule has 152 valence electrons. The van der Waals surface area contributed by atoms with Gasteiger partial charge in [-0.25, -0.2) is 0 Å². The van der Waals surface area contributed by atoms with E-state index in [0.717, 1.165) is 30.4 Å². The number of carbonyl (C=O) groups excluding carboxylic acids is 2. The molecule has 2 unspecified atom stereocenters. The zero-order valence-electron chi connectivity index (χ0n) is 16.1. The maximum Gasteiger partial charge on any atom is 0.269 e. The van der Waals surface area contributed by atoms with E-state index in [1.54, 1.807) is 4.90 Å². The summed E-state index contributed by atoms with van der Waals surface area (Å²) in [7, 11) is 0. The molecule has 2 saturated heterocycles. The summed E-state index contributed by atoms with van der Waals surface area (Å²) >= 11 is 0. The zero-order chi connectivity index (χ0) is 19.8. The number of nitrogens with zero attached hydrogens (tertiary/aromatic N) is 2. The Morgan fingerprint density at radius 2 is 2.28 bits per heavy atom. The predicted molar refractivity (Wildman–Crippen MR) is 107 cm³/mol. The molecular formula is C21H24N4O4. The second kappa shape index (κ2) is 7.18. The number of carbonyl (C=O) groups is 2. The molecule has 0 bridgehead atoms. The highest BCUT2D eigenvalue weighted by atomic mass is 16.7. The van der Waals surface area contributed by atoms with E-state index in [-0.39, 0.29) is 17.9 Å². The van der Waals surface area contributed by atoms with Crippen LogP contribution in [0.1, 0.15) is 36.0 Å². The van der Waals surface area contributed by atoms with Gasteiger partial charge in [0.15, 0.2) is 5.60 Å². The molecule has 2 N–H and O–H groups in total. The first kappa shape index (κ1) is 18.2. The van der Waals surface area contributed by atoms with Crippen molar-refractivity contribution in [1.82, 2.24) is 15.2 Å². The smallest absolute Gasteiger partial charge is 0.269 e. The van der Waals surface area contributed by atoms with E-state index in [4.69, 9.17) is 9.57 Å². The summed E-state index contributed by atoms with van der Waals surface area (Å²) in [5.74, 6) is -0.232. The van der Waals surface area contributed by atoms with Crippen molar-refractivity contribution in [2.75, 3.05) is 26.2 Å². The van der Waals surface area contributed by atoms with Crippen LogP contribution >= 0.6 is 0 Å². The van der Waals surface area contributed by atoms with E-state index >= 15 is 0 Å². The summed E-state index contributed by atoms with van der Waals surface area (Å²) in [5, 5.41) is 7.94. The van der Waals surface area contributed by atoms with Gasteiger partial charge >= 0.3 is 0 Å². The third kappa shape index (κ3) is 3.48. The molecule has 3 aliphatic heterocycles. The normalized spacial score (nSPS) is 26.1. The summed E-state index contributed by atoms with van der Waals surface area (Å²) in [6.45, 7) is 2.28. The molecule has 1 aromatic carbocycles. The fourth-order valence-electron chi connectivity index (χ4n) is 4.36. The molecule has 1 aromatic heterocycles. The number of hydrogen-bond donors (Lipinski definition) is 2. The standard InChI is InChI=1S/C21H24N4O4/c26-19(23-12-16-2-1-9-28-16)18-11-21(29-24-18)6-8-25(13-21)20(27)15-3-4-17-14(10-15)5-7-22-17/h3-5,7,10,16,22H,1-2,6,8-9,11-13H2,(H,23,26). The third-order valence-electron chi connectivity index (χ3n) is 6.02. The number of amides is 2. The fraction of sp³-hybridized carbons (Fsp3) is 0.476. The topological polar surface area (TPSA) is 96.0 Å². The van der Waals surface area contributed by atoms with E-state index in [0.29, 0.717) is 43.8 Å². The molecule has 8 heteroatoms. The number of aromatic amines is 1. The zero-order valence-corrected chi connectivity index (χ0v) is 16.1. The molecular weight excluding hydrogens is 372 g/mol. The molecule has 8 nitrogen and oxygen atoms in total. The van der Waals surface area contributed by atoms with Gasteiger partial charge in [-0.05, 0) is 37.1 Å². The second-order valence-electron chi connectivity index (χ2n) is 8.09. The molecule has 2 aromatic rings. The minimum atomic E-state index is -0.593. The van der Waals surface area contributed by atoms with Gasteiger partial charge in [0.1, 0.15) is 5.71 Å². The first-order valence-corrected chi connectivity index (χ1v) is 10.1. The van der Waals surface area contributed by atoms with Crippen LogP contribution in [0, 0.1) is 0 Å². The molecule has 2 atom stereocenters. The summed E-state index contributed by atoms with van der Waals surface area (Å²) in [4.78, 5) is 36.0. The molecule has 2 amide bonds. The van der Waals surface area contributed by atoms with Crippen molar-refractivity contribution in [1.29, 1.82) is 0 Å². The van der Waals surface area contributed by atoms with Crippen LogP contribution in [0.5, 0.6) is 0 Å². The summed E-state index contributed by atoms with van der Waals surface area (Å²) in [6.07, 6.45) is 5.04. The highest BCUT2D eigenvalue weighted by Crippen LogP contribution is 2.34. The number of rotatable bonds is 4. The maximum absolute atomic E-state index is 12.9. The fourth-order valence-corrected chi connectivity index (χ4v) is 4.36. The van der Waals surface area contributed by atoms with Gasteiger partial charge in [0, 0.05) is 55.2 Å². The molecule has 29 heavy (non-hydrogen) atoms. The van der Waals surface area contributed by atoms with Crippen molar-refractivity contribution in [3.8, 4) is 0 Å². The number of benzene rings is 1. The monoisotopic (exact) mass is 396 g/mol. The van der Waals surface area contributed by atoms with Gasteiger partial charge < -0.3 is 24.8 Å². The van der Waals surface area contributed by atoms with Crippen molar-refractivity contribution in [3.63, 3.8) is 0 Å². The molecule has 1 spiro atoms. The van der Waals surface area contributed by atoms with Crippen LogP contribution in [-0.2, 0) is 14.4 Å². The Bertz CT molecular complexity index is 978. The first-order valence-electron chi connectivity index (χ1n) is 10.1. The Hall–Kier alpha value is -2.87. The lowest BCUT2D eigenvalue weighted by Gasteiger charge is -2.21. The van der Waals surface area contributed by atoms with Crippen LogP contribution < -0.4 is 5.32 Å². The van der Waals surface area contributed by atoms with E-state index < -0.39 is 5.60 Å². The van der Waals surface area contributed by atoms with Crippen LogP contribution in [0.4, 0.5) is 0 Å². The number of ether oxygens (including phenoxy) is 1. The number of H-pyrrole nitrogens is 1. The maximum atomic E-state index is 12.9. The minimum absolute atomic E-state index is 0.0233. The Morgan fingerprint density at radius 1 is 1.34 bits per heavy atom. The van der Waals surface area contributed by atoms with Crippen molar-refractivity contribution >= 4 is 28.4 Å².